The fraction of sp³-hybridized carbons (Fsp3) is 0.357. The largest absolute Gasteiger partial charge is 0.490 e. The van der Waals surface area contributed by atoms with Gasteiger partial charge in [-0.05, 0) is 32.3 Å². The van der Waals surface area contributed by atoms with Crippen molar-refractivity contribution in [3.63, 3.8) is 0 Å². The van der Waals surface area contributed by atoms with Gasteiger partial charge in [-0.3, -0.25) is 0 Å². The van der Waals surface area contributed by atoms with Crippen LogP contribution in [-0.4, -0.2) is 44.7 Å². The summed E-state index contributed by atoms with van der Waals surface area (Å²) in [6.45, 7) is 1.19. The topological polar surface area (TPSA) is 64.8 Å². The molecule has 0 aliphatic rings. The molecule has 0 aromatic heterocycles. The molecule has 2 N–H and O–H groups in total. The van der Waals surface area contributed by atoms with Gasteiger partial charge in [0.05, 0.1) is 11.3 Å². The van der Waals surface area contributed by atoms with Crippen LogP contribution in [0.1, 0.15) is 10.4 Å². The number of carbonyl (C=O) groups is 1. The highest BCUT2D eigenvalue weighted by atomic mass is 16.5. The molecule has 0 aliphatic carbocycles. The molecule has 0 atom stereocenters. The summed E-state index contributed by atoms with van der Waals surface area (Å²) >= 11 is 0. The molecular formula is C14H18N2O3. The molecule has 0 fully saturated rings. The number of rotatable bonds is 6. The first-order chi connectivity index (χ1) is 9.04. The number of likely N-dealkylation sites (N-methyl/N-ethyl adjacent to an activating group) is 1. The molecule has 5 heteroatoms. The zero-order valence-corrected chi connectivity index (χ0v) is 11.2. The summed E-state index contributed by atoms with van der Waals surface area (Å²) in [5.74, 6) is 2.22. The van der Waals surface area contributed by atoms with Crippen molar-refractivity contribution in [3.8, 4) is 18.1 Å². The smallest absolute Gasteiger partial charge is 0.339 e. The molecule has 0 spiro atoms. The van der Waals surface area contributed by atoms with Crippen molar-refractivity contribution in [3.05, 3.63) is 23.8 Å². The van der Waals surface area contributed by atoms with Crippen LogP contribution in [0.25, 0.3) is 0 Å². The predicted octanol–water partition coefficient (Wildman–Crippen LogP) is 0.999. The lowest BCUT2D eigenvalue weighted by Crippen LogP contribution is -2.19. The predicted molar refractivity (Wildman–Crippen MR) is 74.0 cm³/mol. The Morgan fingerprint density at radius 3 is 2.84 bits per heavy atom. The monoisotopic (exact) mass is 262 g/mol. The molecule has 0 bridgehead atoms. The van der Waals surface area contributed by atoms with E-state index in [1.807, 2.05) is 19.0 Å². The van der Waals surface area contributed by atoms with E-state index in [0.29, 0.717) is 23.6 Å². The summed E-state index contributed by atoms with van der Waals surface area (Å²) in [6.07, 6.45) is 5.03. The van der Waals surface area contributed by atoms with E-state index in [2.05, 4.69) is 5.92 Å². The van der Waals surface area contributed by atoms with Crippen LogP contribution in [0.5, 0.6) is 5.75 Å². The van der Waals surface area contributed by atoms with Gasteiger partial charge in [-0.1, -0.05) is 5.92 Å². The number of hydrogen-bond acceptors (Lipinski definition) is 5. The third-order valence-electron chi connectivity index (χ3n) is 2.33. The molecule has 5 nitrogen and oxygen atoms in total. The van der Waals surface area contributed by atoms with Crippen LogP contribution in [0.15, 0.2) is 18.2 Å². The summed E-state index contributed by atoms with van der Waals surface area (Å²) in [4.78, 5) is 13.6. The third kappa shape index (κ3) is 4.90. The molecule has 0 amide bonds. The van der Waals surface area contributed by atoms with Crippen LogP contribution in [0.2, 0.25) is 0 Å². The minimum Gasteiger partial charge on any atom is -0.490 e. The van der Waals surface area contributed by atoms with E-state index in [4.69, 9.17) is 21.6 Å². The van der Waals surface area contributed by atoms with Crippen LogP contribution in [-0.2, 0) is 4.74 Å². The Labute approximate surface area is 113 Å². The first kappa shape index (κ1) is 14.9. The minimum absolute atomic E-state index is 0.0555. The average molecular weight is 262 g/mol. The van der Waals surface area contributed by atoms with Gasteiger partial charge in [-0.2, -0.15) is 0 Å². The molecule has 0 heterocycles. The number of nitrogen functional groups attached to an aromatic ring is 1. The van der Waals surface area contributed by atoms with Crippen LogP contribution < -0.4 is 10.5 Å². The van der Waals surface area contributed by atoms with Crippen LogP contribution in [0.4, 0.5) is 5.69 Å². The summed E-state index contributed by atoms with van der Waals surface area (Å²) < 4.78 is 10.4. The molecule has 1 aromatic rings. The molecule has 19 heavy (non-hydrogen) atoms. The maximum absolute atomic E-state index is 11.6. The lowest BCUT2D eigenvalue weighted by Gasteiger charge is -2.13. The first-order valence-electron chi connectivity index (χ1n) is 5.82. The van der Waals surface area contributed by atoms with Gasteiger partial charge in [-0.15, -0.1) is 6.42 Å². The van der Waals surface area contributed by atoms with Gasteiger partial charge in [0, 0.05) is 6.54 Å². The summed E-state index contributed by atoms with van der Waals surface area (Å²) in [7, 11) is 3.89. The minimum atomic E-state index is -0.490. The molecule has 0 aliphatic heterocycles. The van der Waals surface area contributed by atoms with E-state index < -0.39 is 5.97 Å². The summed E-state index contributed by atoms with van der Waals surface area (Å²) in [6, 6.07) is 4.74. The van der Waals surface area contributed by atoms with Crippen molar-refractivity contribution in [2.45, 2.75) is 0 Å². The van der Waals surface area contributed by atoms with Gasteiger partial charge in [0.2, 0.25) is 0 Å². The van der Waals surface area contributed by atoms with E-state index in [1.54, 1.807) is 18.2 Å². The second-order valence-electron chi connectivity index (χ2n) is 4.18. The van der Waals surface area contributed by atoms with Crippen molar-refractivity contribution in [2.24, 2.45) is 0 Å². The highest BCUT2D eigenvalue weighted by molar-refractivity contribution is 5.90. The normalized spacial score (nSPS) is 10.0. The number of anilines is 1. The molecule has 1 rings (SSSR count). The Balaban J connectivity index is 2.71. The lowest BCUT2D eigenvalue weighted by atomic mass is 10.2. The number of ether oxygens (including phenoxy) is 2. The number of terminal acetylenes is 1. The Kier molecular flexibility index (Phi) is 5.71. The molecule has 0 saturated heterocycles. The van der Waals surface area contributed by atoms with E-state index in [9.17, 15) is 4.79 Å². The standard InChI is InChI=1S/C14H18N2O3/c1-4-8-19-14(17)11-5-6-12(15)13(10-11)18-9-7-16(2)3/h1,5-6,10H,7-9,15H2,2-3H3. The molecule has 102 valence electrons. The Bertz CT molecular complexity index is 478. The van der Waals surface area contributed by atoms with Crippen LogP contribution in [0, 0.1) is 12.3 Å². The number of benzene rings is 1. The van der Waals surface area contributed by atoms with Gasteiger partial charge >= 0.3 is 5.97 Å². The van der Waals surface area contributed by atoms with Crippen molar-refractivity contribution in [2.75, 3.05) is 39.6 Å². The van der Waals surface area contributed by atoms with Gasteiger partial charge in [0.15, 0.2) is 6.61 Å². The van der Waals surface area contributed by atoms with Gasteiger partial charge in [0.25, 0.3) is 0 Å². The Morgan fingerprint density at radius 1 is 1.47 bits per heavy atom. The molecule has 1 aromatic carbocycles. The van der Waals surface area contributed by atoms with Crippen molar-refractivity contribution in [1.82, 2.24) is 4.90 Å². The van der Waals surface area contributed by atoms with E-state index in [1.165, 1.54) is 0 Å². The van der Waals surface area contributed by atoms with E-state index in [0.717, 1.165) is 6.54 Å². The maximum Gasteiger partial charge on any atom is 0.339 e. The van der Waals surface area contributed by atoms with E-state index in [-0.39, 0.29) is 6.61 Å². The number of hydrogen-bond donors (Lipinski definition) is 1. The van der Waals surface area contributed by atoms with E-state index >= 15 is 0 Å². The molecule has 0 unspecified atom stereocenters. The molecule has 0 radical (unpaired) electrons. The second kappa shape index (κ2) is 7.29. The third-order valence-corrected chi connectivity index (χ3v) is 2.33. The quantitative estimate of drug-likeness (QED) is 0.471. The van der Waals surface area contributed by atoms with Gasteiger partial charge < -0.3 is 20.1 Å². The highest BCUT2D eigenvalue weighted by Crippen LogP contribution is 2.23. The summed E-state index contributed by atoms with van der Waals surface area (Å²) in [5.41, 5.74) is 6.63. The SMILES string of the molecule is C#CCOC(=O)c1ccc(N)c(OCCN(C)C)c1. The van der Waals surface area contributed by atoms with Gasteiger partial charge in [-0.25, -0.2) is 4.79 Å². The maximum atomic E-state index is 11.6. The van der Waals surface area contributed by atoms with Crippen LogP contribution >= 0.6 is 0 Å². The molecule has 0 saturated carbocycles. The first-order valence-corrected chi connectivity index (χ1v) is 5.82. The number of esters is 1. The number of nitrogens with zero attached hydrogens (tertiary/aromatic N) is 1. The van der Waals surface area contributed by atoms with Crippen LogP contribution in [0.3, 0.4) is 0 Å². The second-order valence-corrected chi connectivity index (χ2v) is 4.18. The highest BCUT2D eigenvalue weighted by Gasteiger charge is 2.10. The number of nitrogens with two attached hydrogens (primary N) is 1. The van der Waals surface area contributed by atoms with Gasteiger partial charge in [0.1, 0.15) is 12.4 Å². The fourth-order valence-corrected chi connectivity index (χ4v) is 1.32. The van der Waals surface area contributed by atoms with Crippen molar-refractivity contribution >= 4 is 11.7 Å². The zero-order valence-electron chi connectivity index (χ0n) is 11.2. The lowest BCUT2D eigenvalue weighted by molar-refractivity contribution is 0.0556. The Morgan fingerprint density at radius 2 is 2.21 bits per heavy atom. The van der Waals surface area contributed by atoms with Crippen molar-refractivity contribution < 1.29 is 14.3 Å². The van der Waals surface area contributed by atoms with Crippen molar-refractivity contribution in [1.29, 1.82) is 0 Å². The zero-order chi connectivity index (χ0) is 14.3. The molecular weight excluding hydrogens is 244 g/mol. The summed E-state index contributed by atoms with van der Waals surface area (Å²) in [5, 5.41) is 0. The average Bonchev–Trinajstić information content (AvgIpc) is 2.37. The number of carbonyl (C=O) groups excluding carboxylic acids is 1. The Hall–Kier alpha value is -2.19. The fourth-order valence-electron chi connectivity index (χ4n) is 1.32.